The predicted molar refractivity (Wildman–Crippen MR) is 81.1 cm³/mol. The molecular formula is C12H16Cl2N2O3S. The molecule has 2 amide bonds. The van der Waals surface area contributed by atoms with Crippen molar-refractivity contribution in [3.05, 3.63) is 33.8 Å². The third-order valence-corrected chi connectivity index (χ3v) is 4.23. The second kappa shape index (κ2) is 7.15. The van der Waals surface area contributed by atoms with E-state index in [9.17, 15) is 13.2 Å². The van der Waals surface area contributed by atoms with Gasteiger partial charge < -0.3 is 10.6 Å². The van der Waals surface area contributed by atoms with E-state index in [4.69, 9.17) is 23.2 Å². The highest BCUT2D eigenvalue weighted by molar-refractivity contribution is 7.90. The zero-order valence-electron chi connectivity index (χ0n) is 11.1. The number of hydrogen-bond donors (Lipinski definition) is 2. The summed E-state index contributed by atoms with van der Waals surface area (Å²) in [6.07, 6.45) is 1.12. The van der Waals surface area contributed by atoms with Crippen LogP contribution in [-0.4, -0.2) is 33.0 Å². The molecule has 0 bridgehead atoms. The number of hydrogen-bond acceptors (Lipinski definition) is 3. The van der Waals surface area contributed by atoms with E-state index < -0.39 is 15.9 Å². The summed E-state index contributed by atoms with van der Waals surface area (Å²) in [5.74, 6) is -0.0957. The summed E-state index contributed by atoms with van der Waals surface area (Å²) < 4.78 is 21.9. The van der Waals surface area contributed by atoms with E-state index in [0.717, 1.165) is 11.8 Å². The second-order valence-electron chi connectivity index (χ2n) is 4.43. The number of halogens is 2. The fourth-order valence-electron chi connectivity index (χ4n) is 1.46. The van der Waals surface area contributed by atoms with Gasteiger partial charge in [0.15, 0.2) is 0 Å². The maximum Gasteiger partial charge on any atom is 0.315 e. The maximum atomic E-state index is 11.6. The molecule has 20 heavy (non-hydrogen) atoms. The average molecular weight is 339 g/mol. The number of carbonyl (C=O) groups is 1. The molecule has 1 rings (SSSR count). The van der Waals surface area contributed by atoms with E-state index in [1.165, 1.54) is 0 Å². The zero-order chi connectivity index (χ0) is 15.3. The summed E-state index contributed by atoms with van der Waals surface area (Å²) in [6, 6.07) is 4.37. The zero-order valence-corrected chi connectivity index (χ0v) is 13.4. The molecule has 1 atom stereocenters. The maximum absolute atomic E-state index is 11.6. The molecule has 0 radical (unpaired) electrons. The molecule has 0 heterocycles. The third-order valence-electron chi connectivity index (χ3n) is 2.55. The van der Waals surface area contributed by atoms with Crippen LogP contribution < -0.4 is 10.6 Å². The number of amides is 2. The van der Waals surface area contributed by atoms with Gasteiger partial charge in [-0.15, -0.1) is 0 Å². The normalized spacial score (nSPS) is 12.8. The van der Waals surface area contributed by atoms with E-state index in [2.05, 4.69) is 10.6 Å². The highest BCUT2D eigenvalue weighted by Gasteiger charge is 2.11. The van der Waals surface area contributed by atoms with Crippen molar-refractivity contribution in [2.45, 2.75) is 13.0 Å². The van der Waals surface area contributed by atoms with Gasteiger partial charge >= 0.3 is 6.03 Å². The van der Waals surface area contributed by atoms with Crippen molar-refractivity contribution in [3.63, 3.8) is 0 Å². The molecule has 112 valence electrons. The number of sulfone groups is 1. The lowest BCUT2D eigenvalue weighted by atomic mass is 10.1. The Morgan fingerprint density at radius 1 is 1.30 bits per heavy atom. The first-order valence-electron chi connectivity index (χ1n) is 5.86. The summed E-state index contributed by atoms with van der Waals surface area (Å²) in [5.41, 5.74) is 0.803. The Balaban J connectivity index is 2.51. The van der Waals surface area contributed by atoms with Crippen LogP contribution in [0, 0.1) is 0 Å². The SMILES string of the molecule is CC(NC(=O)NCCS(C)(=O)=O)c1ccc(Cl)c(Cl)c1. The molecule has 0 spiro atoms. The van der Waals surface area contributed by atoms with Gasteiger partial charge in [-0.3, -0.25) is 0 Å². The van der Waals surface area contributed by atoms with Gasteiger partial charge in [-0.1, -0.05) is 29.3 Å². The second-order valence-corrected chi connectivity index (χ2v) is 7.50. The van der Waals surface area contributed by atoms with Crippen LogP contribution in [0.15, 0.2) is 18.2 Å². The van der Waals surface area contributed by atoms with Crippen LogP contribution >= 0.6 is 23.2 Å². The molecule has 0 aliphatic heterocycles. The summed E-state index contributed by atoms with van der Waals surface area (Å²) in [7, 11) is -3.09. The first-order valence-corrected chi connectivity index (χ1v) is 8.68. The fraction of sp³-hybridized carbons (Fsp3) is 0.417. The fourth-order valence-corrected chi connectivity index (χ4v) is 2.24. The first-order chi connectivity index (χ1) is 9.19. The number of carbonyl (C=O) groups excluding carboxylic acids is 1. The minimum absolute atomic E-state index is 0.0682. The van der Waals surface area contributed by atoms with Crippen molar-refractivity contribution in [2.75, 3.05) is 18.6 Å². The van der Waals surface area contributed by atoms with Crippen molar-refractivity contribution >= 4 is 39.1 Å². The molecule has 0 saturated heterocycles. The Labute approximate surface area is 128 Å². The average Bonchev–Trinajstić information content (AvgIpc) is 2.30. The molecule has 1 aromatic rings. The van der Waals surface area contributed by atoms with E-state index >= 15 is 0 Å². The molecule has 0 fully saturated rings. The summed E-state index contributed by atoms with van der Waals surface area (Å²) in [6.45, 7) is 1.86. The smallest absolute Gasteiger partial charge is 0.315 e. The summed E-state index contributed by atoms with van der Waals surface area (Å²) in [4.78, 5) is 11.6. The molecule has 0 saturated carbocycles. The number of benzene rings is 1. The Hall–Kier alpha value is -0.980. The number of nitrogens with one attached hydrogen (secondary N) is 2. The van der Waals surface area contributed by atoms with E-state index in [1.807, 2.05) is 0 Å². The standard InChI is InChI=1S/C12H16Cl2N2O3S/c1-8(9-3-4-10(13)11(14)7-9)16-12(17)15-5-6-20(2,18)19/h3-4,7-8H,5-6H2,1-2H3,(H2,15,16,17). The van der Waals surface area contributed by atoms with Crippen LogP contribution in [0.25, 0.3) is 0 Å². The van der Waals surface area contributed by atoms with Crippen LogP contribution in [0.2, 0.25) is 10.0 Å². The summed E-state index contributed by atoms with van der Waals surface area (Å²) >= 11 is 11.7. The predicted octanol–water partition coefficient (Wildman–Crippen LogP) is 2.40. The topological polar surface area (TPSA) is 75.3 Å². The molecular weight excluding hydrogens is 323 g/mol. The lowest BCUT2D eigenvalue weighted by molar-refractivity contribution is 0.238. The number of rotatable bonds is 5. The van der Waals surface area contributed by atoms with Crippen LogP contribution in [0.4, 0.5) is 4.79 Å². The van der Waals surface area contributed by atoms with E-state index in [0.29, 0.717) is 10.0 Å². The van der Waals surface area contributed by atoms with Crippen LogP contribution in [0.3, 0.4) is 0 Å². The quantitative estimate of drug-likeness (QED) is 0.865. The van der Waals surface area contributed by atoms with Crippen molar-refractivity contribution in [1.82, 2.24) is 10.6 Å². The van der Waals surface area contributed by atoms with Crippen molar-refractivity contribution in [3.8, 4) is 0 Å². The van der Waals surface area contributed by atoms with Crippen LogP contribution in [0.1, 0.15) is 18.5 Å². The minimum atomic E-state index is -3.09. The van der Waals surface area contributed by atoms with Gasteiger partial charge in [-0.2, -0.15) is 0 Å². The van der Waals surface area contributed by atoms with E-state index in [1.54, 1.807) is 25.1 Å². The van der Waals surface area contributed by atoms with Crippen LogP contribution in [0.5, 0.6) is 0 Å². The van der Waals surface area contributed by atoms with Gasteiger partial charge in [-0.25, -0.2) is 13.2 Å². The van der Waals surface area contributed by atoms with Crippen molar-refractivity contribution in [1.29, 1.82) is 0 Å². The van der Waals surface area contributed by atoms with Gasteiger partial charge in [0.1, 0.15) is 9.84 Å². The molecule has 0 aromatic heterocycles. The lowest BCUT2D eigenvalue weighted by Gasteiger charge is -2.15. The third kappa shape index (κ3) is 5.98. The minimum Gasteiger partial charge on any atom is -0.337 e. The largest absolute Gasteiger partial charge is 0.337 e. The number of urea groups is 1. The van der Waals surface area contributed by atoms with Crippen molar-refractivity contribution < 1.29 is 13.2 Å². The lowest BCUT2D eigenvalue weighted by Crippen LogP contribution is -2.39. The Kier molecular flexibility index (Phi) is 6.10. The molecule has 1 aromatic carbocycles. The highest BCUT2D eigenvalue weighted by atomic mass is 35.5. The summed E-state index contributed by atoms with van der Waals surface area (Å²) in [5, 5.41) is 6.02. The highest BCUT2D eigenvalue weighted by Crippen LogP contribution is 2.25. The molecule has 8 heteroatoms. The monoisotopic (exact) mass is 338 g/mol. The van der Waals surface area contributed by atoms with Crippen LogP contribution in [-0.2, 0) is 9.84 Å². The van der Waals surface area contributed by atoms with Gasteiger partial charge in [0, 0.05) is 12.8 Å². The van der Waals surface area contributed by atoms with E-state index in [-0.39, 0.29) is 18.3 Å². The van der Waals surface area contributed by atoms with Gasteiger partial charge in [-0.05, 0) is 24.6 Å². The molecule has 2 N–H and O–H groups in total. The Bertz CT molecular complexity index is 590. The Morgan fingerprint density at radius 3 is 2.50 bits per heavy atom. The van der Waals surface area contributed by atoms with Gasteiger partial charge in [0.25, 0.3) is 0 Å². The molecule has 5 nitrogen and oxygen atoms in total. The first kappa shape index (κ1) is 17.1. The van der Waals surface area contributed by atoms with Gasteiger partial charge in [0.05, 0.1) is 21.8 Å². The molecule has 0 aliphatic rings. The molecule has 1 unspecified atom stereocenters. The molecule has 0 aliphatic carbocycles. The van der Waals surface area contributed by atoms with Crippen molar-refractivity contribution in [2.24, 2.45) is 0 Å². The Morgan fingerprint density at radius 2 is 1.95 bits per heavy atom. The van der Waals surface area contributed by atoms with Gasteiger partial charge in [0.2, 0.25) is 0 Å².